The monoisotopic (exact) mass is 492 g/mol. The maximum absolute atomic E-state index is 12.5. The summed E-state index contributed by atoms with van der Waals surface area (Å²) >= 11 is 0. The summed E-state index contributed by atoms with van der Waals surface area (Å²) in [7, 11) is 0. The van der Waals surface area contributed by atoms with Gasteiger partial charge in [-0.1, -0.05) is 30.3 Å². The van der Waals surface area contributed by atoms with Crippen molar-refractivity contribution in [1.29, 1.82) is 0 Å². The van der Waals surface area contributed by atoms with Crippen molar-refractivity contribution in [1.82, 2.24) is 0 Å². The van der Waals surface area contributed by atoms with Crippen LogP contribution in [0.2, 0.25) is 0 Å². The van der Waals surface area contributed by atoms with Crippen LogP contribution in [0.15, 0.2) is 48.7 Å². The Kier molecular flexibility index (Phi) is 6.22. The molecule has 5 N–H and O–H groups in total. The highest BCUT2D eigenvalue weighted by Gasteiger charge is 2.80. The van der Waals surface area contributed by atoms with Gasteiger partial charge in [0.2, 0.25) is 6.29 Å². The molecule has 0 amide bonds. The van der Waals surface area contributed by atoms with Gasteiger partial charge in [-0.25, -0.2) is 4.79 Å². The number of rotatable bonds is 6. The van der Waals surface area contributed by atoms with E-state index in [1.807, 2.05) is 30.3 Å². The van der Waals surface area contributed by atoms with Crippen LogP contribution in [0, 0.1) is 5.92 Å². The van der Waals surface area contributed by atoms with Crippen molar-refractivity contribution >= 4 is 12.0 Å². The molecular weight excluding hydrogens is 464 g/mol. The van der Waals surface area contributed by atoms with E-state index in [1.54, 1.807) is 13.0 Å². The van der Waals surface area contributed by atoms with Gasteiger partial charge in [0.1, 0.15) is 41.7 Å². The molecule has 11 heteroatoms. The van der Waals surface area contributed by atoms with Crippen molar-refractivity contribution in [3.8, 4) is 0 Å². The lowest BCUT2D eigenvalue weighted by Crippen LogP contribution is -2.62. The zero-order valence-electron chi connectivity index (χ0n) is 18.8. The van der Waals surface area contributed by atoms with Crippen LogP contribution in [0.5, 0.6) is 0 Å². The third-order valence-corrected chi connectivity index (χ3v) is 7.13. The molecule has 1 aromatic carbocycles. The summed E-state index contributed by atoms with van der Waals surface area (Å²) < 4.78 is 28.1. The number of aliphatic hydroxyl groups excluding tert-OH is 4. The Bertz CT molecular complexity index is 996. The molecule has 5 rings (SSSR count). The highest BCUT2D eigenvalue weighted by Crippen LogP contribution is 2.62. The van der Waals surface area contributed by atoms with Crippen LogP contribution in [0.25, 0.3) is 6.08 Å². The lowest BCUT2D eigenvalue weighted by atomic mass is 9.82. The largest absolute Gasteiger partial charge is 0.472 e. The van der Waals surface area contributed by atoms with Gasteiger partial charge in [0.05, 0.1) is 18.8 Å². The SMILES string of the molecule is C[C@]12O[C@H]1[C@@H](OC(=O)/C=C/c1ccccc1)[C@]1(O)C=CO[C@@H](O[C@@H]3O[C@H](CO)[C@@H](O)[C@H](O)[C@H]3O)[C@@H]12. The van der Waals surface area contributed by atoms with Crippen LogP contribution in [0.3, 0.4) is 0 Å². The highest BCUT2D eigenvalue weighted by atomic mass is 16.8. The summed E-state index contributed by atoms with van der Waals surface area (Å²) in [5.41, 5.74) is -1.89. The van der Waals surface area contributed by atoms with Gasteiger partial charge in [0.25, 0.3) is 0 Å². The first-order valence-corrected chi connectivity index (χ1v) is 11.3. The van der Waals surface area contributed by atoms with Gasteiger partial charge in [-0.2, -0.15) is 0 Å². The number of epoxide rings is 1. The van der Waals surface area contributed by atoms with Gasteiger partial charge < -0.3 is 49.2 Å². The number of benzene rings is 1. The summed E-state index contributed by atoms with van der Waals surface area (Å²) in [6.45, 7) is 1.09. The van der Waals surface area contributed by atoms with Gasteiger partial charge in [-0.3, -0.25) is 0 Å². The average Bonchev–Trinajstić information content (AvgIpc) is 3.48. The predicted octanol–water partition coefficient (Wildman–Crippen LogP) is -1.18. The fraction of sp³-hybridized carbons (Fsp3) is 0.542. The normalized spacial score (nSPS) is 46.1. The molecule has 0 spiro atoms. The van der Waals surface area contributed by atoms with Gasteiger partial charge >= 0.3 is 5.97 Å². The van der Waals surface area contributed by atoms with Crippen molar-refractivity contribution < 1.29 is 54.0 Å². The van der Waals surface area contributed by atoms with Crippen LogP contribution in [0.4, 0.5) is 0 Å². The average molecular weight is 492 g/mol. The third-order valence-electron chi connectivity index (χ3n) is 7.13. The number of carbonyl (C=O) groups is 1. The molecule has 0 aromatic heterocycles. The Labute approximate surface area is 200 Å². The molecule has 1 aliphatic carbocycles. The second-order valence-electron chi connectivity index (χ2n) is 9.33. The quantitative estimate of drug-likeness (QED) is 0.184. The van der Waals surface area contributed by atoms with Gasteiger partial charge in [0, 0.05) is 6.08 Å². The molecule has 190 valence electrons. The van der Waals surface area contributed by atoms with Crippen molar-refractivity contribution in [3.63, 3.8) is 0 Å². The first kappa shape index (κ1) is 24.3. The van der Waals surface area contributed by atoms with Crippen LogP contribution in [-0.4, -0.2) is 98.5 Å². The number of hydrogen-bond acceptors (Lipinski definition) is 11. The van der Waals surface area contributed by atoms with E-state index in [2.05, 4.69) is 0 Å². The van der Waals surface area contributed by atoms with E-state index in [9.17, 15) is 30.3 Å². The van der Waals surface area contributed by atoms with Crippen LogP contribution in [-0.2, 0) is 28.5 Å². The topological polar surface area (TPSA) is 168 Å². The summed E-state index contributed by atoms with van der Waals surface area (Å²) in [5.74, 6) is -1.56. The minimum Gasteiger partial charge on any atom is -0.472 e. The molecule has 1 saturated carbocycles. The zero-order valence-corrected chi connectivity index (χ0v) is 18.8. The zero-order chi connectivity index (χ0) is 25.0. The summed E-state index contributed by atoms with van der Waals surface area (Å²) in [5, 5.41) is 51.4. The summed E-state index contributed by atoms with van der Waals surface area (Å²) in [6.07, 6.45) is -5.02. The molecule has 11 nitrogen and oxygen atoms in total. The van der Waals surface area contributed by atoms with E-state index in [0.29, 0.717) is 0 Å². The van der Waals surface area contributed by atoms with E-state index in [0.717, 1.165) is 5.56 Å². The van der Waals surface area contributed by atoms with E-state index in [4.69, 9.17) is 23.7 Å². The second kappa shape index (κ2) is 8.95. The van der Waals surface area contributed by atoms with E-state index >= 15 is 0 Å². The molecule has 0 radical (unpaired) electrons. The number of fused-ring (bicyclic) bond motifs is 3. The Morgan fingerprint density at radius 1 is 1.11 bits per heavy atom. The van der Waals surface area contributed by atoms with Crippen LogP contribution >= 0.6 is 0 Å². The summed E-state index contributed by atoms with van der Waals surface area (Å²) in [6, 6.07) is 9.18. The molecular formula is C24H28O11. The molecule has 35 heavy (non-hydrogen) atoms. The number of ether oxygens (including phenoxy) is 5. The van der Waals surface area contributed by atoms with Crippen molar-refractivity contribution in [2.45, 2.75) is 67.3 Å². The lowest BCUT2D eigenvalue weighted by Gasteiger charge is -2.45. The second-order valence-corrected chi connectivity index (χ2v) is 9.33. The minimum atomic E-state index is -1.72. The molecule has 2 saturated heterocycles. The minimum absolute atomic E-state index is 0.624. The highest BCUT2D eigenvalue weighted by molar-refractivity contribution is 5.87. The van der Waals surface area contributed by atoms with Gasteiger partial charge in [0.15, 0.2) is 12.4 Å². The molecule has 3 heterocycles. The Morgan fingerprint density at radius 3 is 2.57 bits per heavy atom. The number of esters is 1. The van der Waals surface area contributed by atoms with Crippen LogP contribution < -0.4 is 0 Å². The third kappa shape index (κ3) is 4.07. The maximum atomic E-state index is 12.5. The lowest BCUT2D eigenvalue weighted by molar-refractivity contribution is -0.349. The molecule has 11 atom stereocenters. The molecule has 3 aliphatic heterocycles. The van der Waals surface area contributed by atoms with Gasteiger partial charge in [-0.15, -0.1) is 0 Å². The molecule has 1 aromatic rings. The van der Waals surface area contributed by atoms with Crippen LogP contribution in [0.1, 0.15) is 12.5 Å². The molecule has 4 aliphatic rings. The van der Waals surface area contributed by atoms with Crippen molar-refractivity contribution in [3.05, 3.63) is 54.3 Å². The summed E-state index contributed by atoms with van der Waals surface area (Å²) in [4.78, 5) is 12.5. The van der Waals surface area contributed by atoms with E-state index < -0.39 is 78.9 Å². The van der Waals surface area contributed by atoms with E-state index in [1.165, 1.54) is 18.4 Å². The molecule has 0 bridgehead atoms. The van der Waals surface area contributed by atoms with Crippen molar-refractivity contribution in [2.75, 3.05) is 6.61 Å². The molecule has 0 unspecified atom stereocenters. The molecule has 3 fully saturated rings. The number of carbonyl (C=O) groups excluding carboxylic acids is 1. The fourth-order valence-corrected chi connectivity index (χ4v) is 5.19. The maximum Gasteiger partial charge on any atom is 0.331 e. The Hall–Kier alpha value is -2.35. The Balaban J connectivity index is 1.32. The standard InChI is InChI=1S/C24H28O11/c1-23-18-22(34-21-17(29)16(28)15(27)13(11-25)32-21)31-10-9-24(18,30)20(19(23)35-23)33-14(26)8-7-12-5-3-2-4-6-12/h2-10,13,15-22,25,27-30H,11H2,1H3/b8-7+/t13-,15-,16+,17-,18-,19+,20-,21+,22+,23-,24+/m1/s1. The smallest absolute Gasteiger partial charge is 0.331 e. The fourth-order valence-electron chi connectivity index (χ4n) is 5.19. The van der Waals surface area contributed by atoms with E-state index in [-0.39, 0.29) is 0 Å². The van der Waals surface area contributed by atoms with Crippen molar-refractivity contribution in [2.24, 2.45) is 5.92 Å². The number of aliphatic hydroxyl groups is 5. The number of hydrogen-bond donors (Lipinski definition) is 5. The predicted molar refractivity (Wildman–Crippen MR) is 116 cm³/mol. The first-order valence-electron chi connectivity index (χ1n) is 11.3. The Morgan fingerprint density at radius 2 is 1.86 bits per heavy atom. The first-order chi connectivity index (χ1) is 16.7. The van der Waals surface area contributed by atoms with Gasteiger partial charge in [-0.05, 0) is 24.6 Å².